The predicted molar refractivity (Wildman–Crippen MR) is 109 cm³/mol. The molecule has 0 radical (unpaired) electrons. The summed E-state index contributed by atoms with van der Waals surface area (Å²) < 4.78 is 13.0. The van der Waals surface area contributed by atoms with Crippen molar-refractivity contribution in [2.45, 2.75) is 18.9 Å². The predicted octanol–water partition coefficient (Wildman–Crippen LogP) is 3.50. The van der Waals surface area contributed by atoms with Crippen LogP contribution in [0.4, 0.5) is 16.0 Å². The fraction of sp³-hybridized carbons (Fsp3) is 0.227. The molecule has 0 aliphatic carbocycles. The number of nitrogens with one attached hydrogen (secondary N) is 1. The summed E-state index contributed by atoms with van der Waals surface area (Å²) in [4.78, 5) is 23.2. The first-order valence-corrected chi connectivity index (χ1v) is 9.51. The summed E-state index contributed by atoms with van der Waals surface area (Å²) in [5.74, 6) is 0.537. The Labute approximate surface area is 168 Å². The van der Waals surface area contributed by atoms with Crippen LogP contribution in [-0.4, -0.2) is 40.2 Å². The van der Waals surface area contributed by atoms with E-state index >= 15 is 0 Å². The third-order valence-corrected chi connectivity index (χ3v) is 4.98. The second-order valence-corrected chi connectivity index (χ2v) is 7.01. The molecule has 4 rings (SSSR count). The molecule has 0 unspecified atom stereocenters. The van der Waals surface area contributed by atoms with Crippen LogP contribution in [0.5, 0.6) is 0 Å². The van der Waals surface area contributed by atoms with Gasteiger partial charge in [-0.05, 0) is 72.5 Å². The van der Waals surface area contributed by atoms with Gasteiger partial charge in [-0.3, -0.25) is 4.79 Å². The number of aliphatic hydroxyl groups excluding tert-OH is 1. The molecule has 0 bridgehead atoms. The molecule has 7 heteroatoms. The number of carbonyl (C=O) groups excluding carboxylic acids is 1. The first-order valence-electron chi connectivity index (χ1n) is 9.51. The number of hydrogen-bond donors (Lipinski definition) is 2. The van der Waals surface area contributed by atoms with Gasteiger partial charge >= 0.3 is 0 Å². The maximum Gasteiger partial charge on any atom is 0.256 e. The van der Waals surface area contributed by atoms with E-state index in [0.717, 1.165) is 42.9 Å². The molecule has 1 saturated heterocycles. The maximum atomic E-state index is 13.0. The Morgan fingerprint density at radius 1 is 1.00 bits per heavy atom. The Balaban J connectivity index is 1.52. The van der Waals surface area contributed by atoms with Crippen molar-refractivity contribution < 1.29 is 14.3 Å². The first-order chi connectivity index (χ1) is 14.1. The molecule has 1 aliphatic rings. The lowest BCUT2D eigenvalue weighted by molar-refractivity contribution is 0.102. The fourth-order valence-corrected chi connectivity index (χ4v) is 3.33. The highest BCUT2D eigenvalue weighted by Crippen LogP contribution is 2.26. The normalized spacial score (nSPS) is 14.6. The van der Waals surface area contributed by atoms with Gasteiger partial charge in [0.15, 0.2) is 0 Å². The monoisotopic (exact) mass is 392 g/mol. The number of aliphatic hydroxyl groups is 1. The second kappa shape index (κ2) is 8.36. The van der Waals surface area contributed by atoms with E-state index in [1.54, 1.807) is 18.5 Å². The van der Waals surface area contributed by atoms with Crippen molar-refractivity contribution in [3.8, 4) is 11.1 Å². The van der Waals surface area contributed by atoms with Gasteiger partial charge in [0.2, 0.25) is 0 Å². The summed E-state index contributed by atoms with van der Waals surface area (Å²) in [7, 11) is 0. The summed E-state index contributed by atoms with van der Waals surface area (Å²) in [5.41, 5.74) is 2.22. The molecule has 148 valence electrons. The number of nitrogens with zero attached hydrogens (tertiary/aromatic N) is 3. The summed E-state index contributed by atoms with van der Waals surface area (Å²) in [6.45, 7) is 1.54. The minimum Gasteiger partial charge on any atom is -0.393 e. The molecule has 0 atom stereocenters. The van der Waals surface area contributed by atoms with E-state index in [1.165, 1.54) is 24.3 Å². The van der Waals surface area contributed by atoms with E-state index < -0.39 is 5.82 Å². The largest absolute Gasteiger partial charge is 0.393 e. The maximum absolute atomic E-state index is 13.0. The first kappa shape index (κ1) is 19.0. The zero-order valence-corrected chi connectivity index (χ0v) is 15.8. The molecule has 0 saturated carbocycles. The minimum atomic E-state index is -0.390. The van der Waals surface area contributed by atoms with Crippen LogP contribution >= 0.6 is 0 Å². The summed E-state index contributed by atoms with van der Waals surface area (Å²) >= 11 is 0. The number of hydrogen-bond acceptors (Lipinski definition) is 5. The lowest BCUT2D eigenvalue weighted by atomic mass is 10.1. The Hall–Kier alpha value is -3.32. The second-order valence-electron chi connectivity index (χ2n) is 7.01. The number of benzene rings is 1. The molecule has 2 N–H and O–H groups in total. The fourth-order valence-electron chi connectivity index (χ4n) is 3.33. The minimum absolute atomic E-state index is 0.234. The standard InChI is InChI=1S/C22H21FN4O2/c23-18-3-1-15(2-4-18)22(29)26-20-13-16(5-9-24-20)17-6-10-25-21(14-17)27-11-7-19(28)8-12-27/h1-6,9-10,13-14,19,28H,7-8,11-12H2,(H,24,26,29). The zero-order chi connectivity index (χ0) is 20.2. The number of rotatable bonds is 4. The molecular weight excluding hydrogens is 371 g/mol. The van der Waals surface area contributed by atoms with E-state index in [1.807, 2.05) is 18.2 Å². The quantitative estimate of drug-likeness (QED) is 0.711. The summed E-state index contributed by atoms with van der Waals surface area (Å²) in [5, 5.41) is 12.4. The number of amides is 1. The number of aromatic nitrogens is 2. The lowest BCUT2D eigenvalue weighted by Gasteiger charge is -2.30. The SMILES string of the molecule is O=C(Nc1cc(-c2ccnc(N3CCC(O)CC3)c2)ccn1)c1ccc(F)cc1. The van der Waals surface area contributed by atoms with E-state index in [9.17, 15) is 14.3 Å². The van der Waals surface area contributed by atoms with Crippen molar-refractivity contribution >= 4 is 17.5 Å². The molecule has 1 aliphatic heterocycles. The van der Waals surface area contributed by atoms with Gasteiger partial charge in [-0.25, -0.2) is 14.4 Å². The van der Waals surface area contributed by atoms with E-state index in [-0.39, 0.29) is 12.0 Å². The average molecular weight is 392 g/mol. The molecule has 1 fully saturated rings. The Bertz CT molecular complexity index is 1000. The zero-order valence-electron chi connectivity index (χ0n) is 15.8. The van der Waals surface area contributed by atoms with Gasteiger partial charge in [-0.2, -0.15) is 0 Å². The Morgan fingerprint density at radius 3 is 2.38 bits per heavy atom. The molecule has 1 amide bonds. The highest BCUT2D eigenvalue weighted by atomic mass is 19.1. The Morgan fingerprint density at radius 2 is 1.66 bits per heavy atom. The van der Waals surface area contributed by atoms with Crippen molar-refractivity contribution in [2.24, 2.45) is 0 Å². The number of carbonyl (C=O) groups is 1. The van der Waals surface area contributed by atoms with Crippen LogP contribution in [0.1, 0.15) is 23.2 Å². The van der Waals surface area contributed by atoms with Crippen molar-refractivity contribution in [3.63, 3.8) is 0 Å². The van der Waals surface area contributed by atoms with Crippen molar-refractivity contribution in [2.75, 3.05) is 23.3 Å². The van der Waals surface area contributed by atoms with Gasteiger partial charge in [-0.1, -0.05) is 0 Å². The number of halogens is 1. The molecule has 6 nitrogen and oxygen atoms in total. The molecule has 3 aromatic rings. The number of pyridine rings is 2. The van der Waals surface area contributed by atoms with Crippen LogP contribution in [-0.2, 0) is 0 Å². The van der Waals surface area contributed by atoms with Crippen molar-refractivity contribution in [1.82, 2.24) is 9.97 Å². The van der Waals surface area contributed by atoms with Gasteiger partial charge in [-0.15, -0.1) is 0 Å². The Kier molecular flexibility index (Phi) is 5.48. The van der Waals surface area contributed by atoms with Crippen molar-refractivity contribution in [3.05, 3.63) is 72.3 Å². The molecule has 3 heterocycles. The highest BCUT2D eigenvalue weighted by Gasteiger charge is 2.18. The topological polar surface area (TPSA) is 78.4 Å². The third kappa shape index (κ3) is 4.57. The molecular formula is C22H21FN4O2. The van der Waals surface area contributed by atoms with Gasteiger partial charge in [0.25, 0.3) is 5.91 Å². The van der Waals surface area contributed by atoms with Gasteiger partial charge in [0, 0.05) is 31.0 Å². The van der Waals surface area contributed by atoms with Crippen LogP contribution in [0.15, 0.2) is 60.9 Å². The molecule has 1 aromatic carbocycles. The highest BCUT2D eigenvalue weighted by molar-refractivity contribution is 6.03. The van der Waals surface area contributed by atoms with Crippen LogP contribution in [0, 0.1) is 5.82 Å². The van der Waals surface area contributed by atoms with Crippen molar-refractivity contribution in [1.29, 1.82) is 0 Å². The molecule has 2 aromatic heterocycles. The smallest absolute Gasteiger partial charge is 0.256 e. The number of anilines is 2. The molecule has 29 heavy (non-hydrogen) atoms. The third-order valence-electron chi connectivity index (χ3n) is 4.98. The van der Waals surface area contributed by atoms with E-state index in [0.29, 0.717) is 11.4 Å². The summed E-state index contributed by atoms with van der Waals surface area (Å²) in [6, 6.07) is 12.9. The summed E-state index contributed by atoms with van der Waals surface area (Å²) in [6.07, 6.45) is 4.63. The number of piperidine rings is 1. The van der Waals surface area contributed by atoms with E-state index in [2.05, 4.69) is 20.2 Å². The van der Waals surface area contributed by atoms with Crippen LogP contribution in [0.2, 0.25) is 0 Å². The van der Waals surface area contributed by atoms with Gasteiger partial charge in [0.05, 0.1) is 6.10 Å². The lowest BCUT2D eigenvalue weighted by Crippen LogP contribution is -2.36. The van der Waals surface area contributed by atoms with Crippen LogP contribution in [0.3, 0.4) is 0 Å². The van der Waals surface area contributed by atoms with Crippen LogP contribution in [0.25, 0.3) is 11.1 Å². The average Bonchev–Trinajstić information content (AvgIpc) is 2.75. The van der Waals surface area contributed by atoms with Crippen LogP contribution < -0.4 is 10.2 Å². The van der Waals surface area contributed by atoms with Gasteiger partial charge < -0.3 is 15.3 Å². The molecule has 0 spiro atoms. The van der Waals surface area contributed by atoms with E-state index in [4.69, 9.17) is 0 Å². The van der Waals surface area contributed by atoms with Gasteiger partial charge in [0.1, 0.15) is 17.5 Å².